The van der Waals surface area contributed by atoms with Crippen LogP contribution in [-0.2, 0) is 9.59 Å². The van der Waals surface area contributed by atoms with E-state index >= 15 is 0 Å². The molecule has 0 aliphatic rings. The topological polar surface area (TPSA) is 164 Å². The standard InChI is InChI=1S/C18H18N4O6/c1-9(13-5-3-11(23)7-15(13)25)19-21-17(27)18(28)22-20-10(2)14-6-4-12(24)8-16(14)26/h3-8,23-26H,1-2H3,(H,21,27)(H,22,28). The van der Waals surface area contributed by atoms with Gasteiger partial charge in [0.25, 0.3) is 0 Å². The van der Waals surface area contributed by atoms with E-state index in [0.717, 1.165) is 12.1 Å². The number of hydrazone groups is 2. The third-order valence-electron chi connectivity index (χ3n) is 3.60. The lowest BCUT2D eigenvalue weighted by molar-refractivity contribution is -0.139. The molecule has 0 bridgehead atoms. The first kappa shape index (κ1) is 20.2. The lowest BCUT2D eigenvalue weighted by Gasteiger charge is -2.06. The normalized spacial score (nSPS) is 11.8. The molecule has 0 radical (unpaired) electrons. The molecule has 0 saturated carbocycles. The van der Waals surface area contributed by atoms with Crippen LogP contribution in [-0.4, -0.2) is 43.7 Å². The van der Waals surface area contributed by atoms with Gasteiger partial charge in [0.05, 0.1) is 11.4 Å². The van der Waals surface area contributed by atoms with Gasteiger partial charge in [0, 0.05) is 23.3 Å². The van der Waals surface area contributed by atoms with Crippen molar-refractivity contribution in [1.82, 2.24) is 10.9 Å². The Balaban J connectivity index is 2.01. The summed E-state index contributed by atoms with van der Waals surface area (Å²) in [4.78, 5) is 23.6. The third kappa shape index (κ3) is 4.97. The van der Waals surface area contributed by atoms with E-state index in [1.165, 1.54) is 38.1 Å². The first-order valence-corrected chi connectivity index (χ1v) is 7.92. The van der Waals surface area contributed by atoms with Gasteiger partial charge in [0.2, 0.25) is 0 Å². The largest absolute Gasteiger partial charge is 0.508 e. The second kappa shape index (κ2) is 8.54. The highest BCUT2D eigenvalue weighted by Gasteiger charge is 2.14. The molecule has 6 N–H and O–H groups in total. The minimum absolute atomic E-state index is 0.134. The molecule has 0 aromatic heterocycles. The average molecular weight is 386 g/mol. The predicted molar refractivity (Wildman–Crippen MR) is 100 cm³/mol. The number of benzene rings is 2. The maximum atomic E-state index is 11.8. The van der Waals surface area contributed by atoms with Gasteiger partial charge in [-0.1, -0.05) is 0 Å². The van der Waals surface area contributed by atoms with Crippen molar-refractivity contribution in [2.75, 3.05) is 0 Å². The van der Waals surface area contributed by atoms with E-state index < -0.39 is 11.8 Å². The third-order valence-corrected chi connectivity index (χ3v) is 3.60. The fourth-order valence-corrected chi connectivity index (χ4v) is 2.14. The van der Waals surface area contributed by atoms with Crippen molar-refractivity contribution in [3.05, 3.63) is 47.5 Å². The fraction of sp³-hybridized carbons (Fsp3) is 0.111. The molecule has 0 spiro atoms. The van der Waals surface area contributed by atoms with Gasteiger partial charge in [-0.15, -0.1) is 0 Å². The number of hydrogen-bond acceptors (Lipinski definition) is 8. The van der Waals surface area contributed by atoms with Crippen LogP contribution in [0.4, 0.5) is 0 Å². The van der Waals surface area contributed by atoms with E-state index in [2.05, 4.69) is 10.2 Å². The summed E-state index contributed by atoms with van der Waals surface area (Å²) in [6.07, 6.45) is 0. The molecule has 2 aromatic rings. The van der Waals surface area contributed by atoms with E-state index in [-0.39, 0.29) is 45.5 Å². The number of phenolic OH excluding ortho intramolecular Hbond substituents is 4. The number of carbonyl (C=O) groups excluding carboxylic acids is 2. The van der Waals surface area contributed by atoms with E-state index in [4.69, 9.17) is 0 Å². The molecule has 0 fully saturated rings. The van der Waals surface area contributed by atoms with Crippen molar-refractivity contribution < 1.29 is 30.0 Å². The van der Waals surface area contributed by atoms with Crippen molar-refractivity contribution in [1.29, 1.82) is 0 Å². The Morgan fingerprint density at radius 2 is 1.07 bits per heavy atom. The van der Waals surface area contributed by atoms with Crippen molar-refractivity contribution in [3.63, 3.8) is 0 Å². The number of amides is 2. The zero-order valence-electron chi connectivity index (χ0n) is 15.0. The smallest absolute Gasteiger partial charge is 0.331 e. The van der Waals surface area contributed by atoms with Crippen LogP contribution >= 0.6 is 0 Å². The number of aromatic hydroxyl groups is 4. The van der Waals surface area contributed by atoms with E-state index in [1.807, 2.05) is 10.9 Å². The van der Waals surface area contributed by atoms with Gasteiger partial charge < -0.3 is 20.4 Å². The number of phenols is 4. The van der Waals surface area contributed by atoms with Gasteiger partial charge in [-0.05, 0) is 38.1 Å². The highest BCUT2D eigenvalue weighted by atomic mass is 16.3. The number of hydrogen-bond donors (Lipinski definition) is 6. The molecule has 0 aliphatic heterocycles. The zero-order valence-corrected chi connectivity index (χ0v) is 15.0. The summed E-state index contributed by atoms with van der Waals surface area (Å²) < 4.78 is 0. The second-order valence-electron chi connectivity index (χ2n) is 5.68. The van der Waals surface area contributed by atoms with Crippen LogP contribution in [0.5, 0.6) is 23.0 Å². The summed E-state index contributed by atoms with van der Waals surface area (Å²) in [5.74, 6) is -2.97. The molecule has 0 atom stereocenters. The van der Waals surface area contributed by atoms with E-state index in [1.54, 1.807) is 0 Å². The Morgan fingerprint density at radius 1 is 0.714 bits per heavy atom. The van der Waals surface area contributed by atoms with Crippen molar-refractivity contribution in [3.8, 4) is 23.0 Å². The summed E-state index contributed by atoms with van der Waals surface area (Å²) >= 11 is 0. The molecule has 0 aliphatic carbocycles. The monoisotopic (exact) mass is 386 g/mol. The molecule has 2 amide bonds. The molecular formula is C18H18N4O6. The van der Waals surface area contributed by atoms with Gasteiger partial charge in [0.1, 0.15) is 23.0 Å². The highest BCUT2D eigenvalue weighted by molar-refractivity contribution is 6.35. The van der Waals surface area contributed by atoms with Gasteiger partial charge in [-0.25, -0.2) is 10.9 Å². The Kier molecular flexibility index (Phi) is 6.17. The molecule has 146 valence electrons. The molecule has 0 saturated heterocycles. The minimum atomic E-state index is -1.11. The summed E-state index contributed by atoms with van der Waals surface area (Å²) in [6, 6.07) is 7.68. The SMILES string of the molecule is CC(=NNC(=O)C(=O)NN=C(C)c1ccc(O)cc1O)c1ccc(O)cc1O. The quantitative estimate of drug-likeness (QED) is 0.259. The van der Waals surface area contributed by atoms with Crippen LogP contribution in [0.2, 0.25) is 0 Å². The van der Waals surface area contributed by atoms with Crippen LogP contribution in [0, 0.1) is 0 Å². The number of rotatable bonds is 4. The second-order valence-corrected chi connectivity index (χ2v) is 5.68. The molecule has 2 aromatic carbocycles. The number of carbonyl (C=O) groups is 2. The zero-order chi connectivity index (χ0) is 20.8. The van der Waals surface area contributed by atoms with Crippen LogP contribution in [0.1, 0.15) is 25.0 Å². The van der Waals surface area contributed by atoms with Gasteiger partial charge in [-0.2, -0.15) is 10.2 Å². The van der Waals surface area contributed by atoms with Crippen LogP contribution in [0.15, 0.2) is 46.6 Å². The fourth-order valence-electron chi connectivity index (χ4n) is 2.14. The Labute approximate surface area is 159 Å². The van der Waals surface area contributed by atoms with E-state index in [0.29, 0.717) is 0 Å². The van der Waals surface area contributed by atoms with Gasteiger partial charge in [-0.3, -0.25) is 9.59 Å². The maximum Gasteiger partial charge on any atom is 0.331 e. The van der Waals surface area contributed by atoms with E-state index in [9.17, 15) is 30.0 Å². The lowest BCUT2D eigenvalue weighted by atomic mass is 10.1. The Bertz CT molecular complexity index is 905. The summed E-state index contributed by atoms with van der Waals surface area (Å²) in [6.45, 7) is 2.97. The molecule has 0 heterocycles. The van der Waals surface area contributed by atoms with Crippen molar-refractivity contribution in [2.24, 2.45) is 10.2 Å². The van der Waals surface area contributed by atoms with Crippen molar-refractivity contribution in [2.45, 2.75) is 13.8 Å². The van der Waals surface area contributed by atoms with Crippen LogP contribution in [0.3, 0.4) is 0 Å². The molecule has 10 heteroatoms. The number of nitrogens with zero attached hydrogens (tertiary/aromatic N) is 2. The Morgan fingerprint density at radius 3 is 1.39 bits per heavy atom. The Hall–Kier alpha value is -4.08. The maximum absolute atomic E-state index is 11.8. The predicted octanol–water partition coefficient (Wildman–Crippen LogP) is 0.890. The molecule has 10 nitrogen and oxygen atoms in total. The van der Waals surface area contributed by atoms with Crippen LogP contribution in [0.25, 0.3) is 0 Å². The lowest BCUT2D eigenvalue weighted by Crippen LogP contribution is -2.36. The first-order chi connectivity index (χ1) is 13.2. The molecular weight excluding hydrogens is 368 g/mol. The first-order valence-electron chi connectivity index (χ1n) is 7.92. The summed E-state index contributed by atoms with van der Waals surface area (Å²) in [7, 11) is 0. The summed E-state index contributed by atoms with van der Waals surface area (Å²) in [5.41, 5.74) is 4.95. The van der Waals surface area contributed by atoms with Gasteiger partial charge in [0.15, 0.2) is 0 Å². The molecule has 2 rings (SSSR count). The highest BCUT2D eigenvalue weighted by Crippen LogP contribution is 2.23. The van der Waals surface area contributed by atoms with Crippen LogP contribution < -0.4 is 10.9 Å². The number of nitrogens with one attached hydrogen (secondary N) is 2. The molecule has 28 heavy (non-hydrogen) atoms. The molecule has 0 unspecified atom stereocenters. The summed E-state index contributed by atoms with van der Waals surface area (Å²) in [5, 5.41) is 45.4. The average Bonchev–Trinajstić information content (AvgIpc) is 2.63. The van der Waals surface area contributed by atoms with Gasteiger partial charge >= 0.3 is 11.8 Å². The van der Waals surface area contributed by atoms with Crippen molar-refractivity contribution >= 4 is 23.2 Å². The minimum Gasteiger partial charge on any atom is -0.508 e.